The standard InChI is InChI=1S/C25H31NO5/c1-24(2,3)18-8-11-19(12-9-18)30-20-10-7-16-15-26(23(29)31-25(4,5)6)21(22(27)28)14-17(16)13-20/h7-13,21H,14-15H2,1-6H3,(H,27,28). The van der Waals surface area contributed by atoms with Gasteiger partial charge in [-0.3, -0.25) is 4.90 Å². The molecule has 0 bridgehead atoms. The molecule has 1 unspecified atom stereocenters. The summed E-state index contributed by atoms with van der Waals surface area (Å²) in [6, 6.07) is 12.6. The number of fused-ring (bicyclic) bond motifs is 1. The van der Waals surface area contributed by atoms with Crippen molar-refractivity contribution in [2.24, 2.45) is 0 Å². The smallest absolute Gasteiger partial charge is 0.411 e. The Bertz CT molecular complexity index is 967. The van der Waals surface area contributed by atoms with Crippen molar-refractivity contribution >= 4 is 12.1 Å². The third kappa shape index (κ3) is 5.57. The van der Waals surface area contributed by atoms with Gasteiger partial charge in [0.1, 0.15) is 23.1 Å². The Balaban J connectivity index is 1.80. The van der Waals surface area contributed by atoms with Crippen LogP contribution in [0.25, 0.3) is 0 Å². The lowest BCUT2D eigenvalue weighted by Gasteiger charge is -2.35. The van der Waals surface area contributed by atoms with Gasteiger partial charge in [0.05, 0.1) is 6.54 Å². The van der Waals surface area contributed by atoms with Crippen molar-refractivity contribution in [1.82, 2.24) is 4.90 Å². The fourth-order valence-electron chi connectivity index (χ4n) is 3.51. The quantitative estimate of drug-likeness (QED) is 0.700. The Morgan fingerprint density at radius 1 is 0.935 bits per heavy atom. The molecule has 1 heterocycles. The van der Waals surface area contributed by atoms with E-state index in [0.717, 1.165) is 11.1 Å². The maximum atomic E-state index is 12.6. The molecule has 1 N–H and O–H groups in total. The highest BCUT2D eigenvalue weighted by Crippen LogP contribution is 2.31. The van der Waals surface area contributed by atoms with Gasteiger partial charge in [0.25, 0.3) is 0 Å². The highest BCUT2D eigenvalue weighted by molar-refractivity contribution is 5.81. The summed E-state index contributed by atoms with van der Waals surface area (Å²) in [7, 11) is 0. The molecule has 0 spiro atoms. The lowest BCUT2D eigenvalue weighted by atomic mass is 9.87. The van der Waals surface area contributed by atoms with Crippen molar-refractivity contribution in [1.29, 1.82) is 0 Å². The molecule has 166 valence electrons. The molecule has 0 radical (unpaired) electrons. The van der Waals surface area contributed by atoms with Gasteiger partial charge in [0, 0.05) is 6.42 Å². The van der Waals surface area contributed by atoms with Gasteiger partial charge < -0.3 is 14.6 Å². The maximum Gasteiger partial charge on any atom is 0.411 e. The fourth-order valence-corrected chi connectivity index (χ4v) is 3.51. The topological polar surface area (TPSA) is 76.1 Å². The Kier molecular flexibility index (Phi) is 6.03. The van der Waals surface area contributed by atoms with Gasteiger partial charge in [0.2, 0.25) is 0 Å². The van der Waals surface area contributed by atoms with Gasteiger partial charge in [-0.2, -0.15) is 0 Å². The second-order valence-corrected chi connectivity index (χ2v) is 9.97. The number of aliphatic carboxylic acids is 1. The Labute approximate surface area is 183 Å². The van der Waals surface area contributed by atoms with E-state index in [1.807, 2.05) is 42.5 Å². The summed E-state index contributed by atoms with van der Waals surface area (Å²) < 4.78 is 11.4. The predicted molar refractivity (Wildman–Crippen MR) is 119 cm³/mol. The molecule has 3 rings (SSSR count). The zero-order valence-electron chi connectivity index (χ0n) is 19.1. The number of hydrogen-bond acceptors (Lipinski definition) is 4. The first-order valence-corrected chi connectivity index (χ1v) is 10.5. The average Bonchev–Trinajstić information content (AvgIpc) is 2.65. The van der Waals surface area contributed by atoms with E-state index in [4.69, 9.17) is 9.47 Å². The first-order chi connectivity index (χ1) is 14.3. The fraction of sp³-hybridized carbons (Fsp3) is 0.440. The molecule has 1 amide bonds. The molecule has 6 heteroatoms. The van der Waals surface area contributed by atoms with Gasteiger partial charge >= 0.3 is 12.1 Å². The second-order valence-electron chi connectivity index (χ2n) is 9.97. The summed E-state index contributed by atoms with van der Waals surface area (Å²) in [5, 5.41) is 9.70. The molecule has 0 saturated carbocycles. The van der Waals surface area contributed by atoms with Crippen LogP contribution >= 0.6 is 0 Å². The molecule has 0 saturated heterocycles. The summed E-state index contributed by atoms with van der Waals surface area (Å²) in [5.41, 5.74) is 2.34. The molecule has 6 nitrogen and oxygen atoms in total. The molecule has 1 aliphatic rings. The largest absolute Gasteiger partial charge is 0.480 e. The first kappa shape index (κ1) is 22.7. The molecule has 31 heavy (non-hydrogen) atoms. The van der Waals surface area contributed by atoms with Crippen LogP contribution in [0.2, 0.25) is 0 Å². The van der Waals surface area contributed by atoms with E-state index in [0.29, 0.717) is 11.5 Å². The van der Waals surface area contributed by atoms with Gasteiger partial charge in [0.15, 0.2) is 0 Å². The monoisotopic (exact) mass is 425 g/mol. The summed E-state index contributed by atoms with van der Waals surface area (Å²) in [6.45, 7) is 11.9. The number of carbonyl (C=O) groups excluding carboxylic acids is 1. The minimum absolute atomic E-state index is 0.0657. The van der Waals surface area contributed by atoms with E-state index in [1.165, 1.54) is 10.5 Å². The van der Waals surface area contributed by atoms with Crippen LogP contribution in [0.4, 0.5) is 4.79 Å². The molecular formula is C25H31NO5. The molecule has 2 aromatic rings. The zero-order chi connectivity index (χ0) is 23.0. The van der Waals surface area contributed by atoms with Gasteiger partial charge in [-0.1, -0.05) is 39.0 Å². The third-order valence-corrected chi connectivity index (χ3v) is 5.18. The zero-order valence-corrected chi connectivity index (χ0v) is 19.1. The van der Waals surface area contributed by atoms with Crippen LogP contribution in [0.15, 0.2) is 42.5 Å². The van der Waals surface area contributed by atoms with Gasteiger partial charge in [-0.25, -0.2) is 9.59 Å². The summed E-state index contributed by atoms with van der Waals surface area (Å²) >= 11 is 0. The van der Waals surface area contributed by atoms with Crippen molar-refractivity contribution in [3.05, 3.63) is 59.2 Å². The minimum atomic E-state index is -1.06. The van der Waals surface area contributed by atoms with Crippen molar-refractivity contribution in [2.75, 3.05) is 0 Å². The van der Waals surface area contributed by atoms with E-state index >= 15 is 0 Å². The number of rotatable bonds is 3. The number of carboxylic acid groups (broad SMARTS) is 1. The van der Waals surface area contributed by atoms with Gasteiger partial charge in [-0.15, -0.1) is 0 Å². The predicted octanol–water partition coefficient (Wildman–Crippen LogP) is 5.52. The van der Waals surface area contributed by atoms with Crippen LogP contribution in [0.1, 0.15) is 58.2 Å². The summed E-state index contributed by atoms with van der Waals surface area (Å²) in [5.74, 6) is 0.298. The molecule has 2 aromatic carbocycles. The average molecular weight is 426 g/mol. The number of benzene rings is 2. The van der Waals surface area contributed by atoms with E-state index in [-0.39, 0.29) is 18.4 Å². The van der Waals surface area contributed by atoms with E-state index in [2.05, 4.69) is 20.8 Å². The summed E-state index contributed by atoms with van der Waals surface area (Å²) in [4.78, 5) is 25.7. The molecule has 1 atom stereocenters. The normalized spacial score (nSPS) is 16.5. The Morgan fingerprint density at radius 3 is 2.10 bits per heavy atom. The van der Waals surface area contributed by atoms with Crippen LogP contribution < -0.4 is 4.74 Å². The number of amides is 1. The molecule has 0 aromatic heterocycles. The Hall–Kier alpha value is -3.02. The Morgan fingerprint density at radius 2 is 1.55 bits per heavy atom. The minimum Gasteiger partial charge on any atom is -0.480 e. The first-order valence-electron chi connectivity index (χ1n) is 10.5. The number of ether oxygens (including phenoxy) is 2. The van der Waals surface area contributed by atoms with Crippen LogP contribution in [0.5, 0.6) is 11.5 Å². The SMILES string of the molecule is CC(C)(C)OC(=O)N1Cc2ccc(Oc3ccc(C(C)(C)C)cc3)cc2CC1C(=O)O. The lowest BCUT2D eigenvalue weighted by molar-refractivity contribution is -0.143. The number of nitrogens with zero attached hydrogens (tertiary/aromatic N) is 1. The molecular weight excluding hydrogens is 394 g/mol. The van der Waals surface area contributed by atoms with Crippen LogP contribution in [0, 0.1) is 0 Å². The number of carboxylic acids is 1. The van der Waals surface area contributed by atoms with E-state index < -0.39 is 23.7 Å². The van der Waals surface area contributed by atoms with Crippen molar-refractivity contribution < 1.29 is 24.2 Å². The highest BCUT2D eigenvalue weighted by Gasteiger charge is 2.37. The van der Waals surface area contributed by atoms with Gasteiger partial charge in [-0.05, 0) is 67.1 Å². The lowest BCUT2D eigenvalue weighted by Crippen LogP contribution is -2.50. The second kappa shape index (κ2) is 8.25. The van der Waals surface area contributed by atoms with E-state index in [9.17, 15) is 14.7 Å². The van der Waals surface area contributed by atoms with Crippen molar-refractivity contribution in [2.45, 2.75) is 71.6 Å². The maximum absolute atomic E-state index is 12.6. The molecule has 0 fully saturated rings. The van der Waals surface area contributed by atoms with Crippen molar-refractivity contribution in [3.63, 3.8) is 0 Å². The number of carbonyl (C=O) groups is 2. The highest BCUT2D eigenvalue weighted by atomic mass is 16.6. The van der Waals surface area contributed by atoms with Crippen molar-refractivity contribution in [3.8, 4) is 11.5 Å². The van der Waals surface area contributed by atoms with E-state index in [1.54, 1.807) is 20.8 Å². The number of hydrogen-bond donors (Lipinski definition) is 1. The molecule has 1 aliphatic heterocycles. The van der Waals surface area contributed by atoms with Crippen LogP contribution in [-0.4, -0.2) is 33.7 Å². The molecule has 0 aliphatic carbocycles. The third-order valence-electron chi connectivity index (χ3n) is 5.18. The van der Waals surface area contributed by atoms with Crippen LogP contribution in [0.3, 0.4) is 0 Å². The van der Waals surface area contributed by atoms with Crippen LogP contribution in [-0.2, 0) is 27.9 Å². The summed E-state index contributed by atoms with van der Waals surface area (Å²) in [6.07, 6.45) is -0.422.